The van der Waals surface area contributed by atoms with Crippen molar-refractivity contribution in [3.8, 4) is 11.1 Å². The minimum Gasteiger partial charge on any atom is -0.543 e. The van der Waals surface area contributed by atoms with Crippen LogP contribution in [0.1, 0.15) is 40.9 Å². The average molecular weight is 559 g/mol. The quantitative estimate of drug-likeness (QED) is 0.320. The molecule has 9 nitrogen and oxygen atoms in total. The van der Waals surface area contributed by atoms with Crippen LogP contribution in [0.15, 0.2) is 42.1 Å². The number of nitrogens with zero attached hydrogens (tertiary/aromatic N) is 3. The van der Waals surface area contributed by atoms with Crippen molar-refractivity contribution < 1.29 is 38.7 Å². The van der Waals surface area contributed by atoms with Gasteiger partial charge in [0.25, 0.3) is 0 Å². The Hall–Kier alpha value is -3.37. The van der Waals surface area contributed by atoms with E-state index in [1.165, 1.54) is 4.90 Å². The van der Waals surface area contributed by atoms with Gasteiger partial charge in [0.1, 0.15) is 52.4 Å². The summed E-state index contributed by atoms with van der Waals surface area (Å²) in [6.45, 7) is 11.9. The summed E-state index contributed by atoms with van der Waals surface area (Å²) in [5.74, 6) is -2.80. The molecule has 2 aromatic rings. The lowest BCUT2D eigenvalue weighted by Crippen LogP contribution is -2.74. The van der Waals surface area contributed by atoms with Crippen LogP contribution in [0.25, 0.3) is 16.7 Å². The molecule has 5 aliphatic heterocycles. The van der Waals surface area contributed by atoms with Gasteiger partial charge in [-0.25, -0.2) is 0 Å². The standard InChI is InChI=1S/C32H36N3O6/c1-18-26(29(32(40)41)33-28(18)27(19(2)37)31(33)39)21-4-6-23-24(16-21)22-5-3-20(15-25(22)30(23)38)17-35-10-7-34(8-11-35,9-12-35)13-14-36/h3-6,15-16,18-19,27-28,36-37H,7-14,17H2,1-2H3/q+1/t18-,19+,27+,28+,34?,35?/m0/s1. The number of aliphatic hydroxyl groups is 2. The maximum atomic E-state index is 13.5. The second kappa shape index (κ2) is 9.06. The van der Waals surface area contributed by atoms with E-state index in [0.717, 1.165) is 78.0 Å². The van der Waals surface area contributed by atoms with Crippen LogP contribution < -0.4 is 5.11 Å². The molecule has 0 spiro atoms. The van der Waals surface area contributed by atoms with Gasteiger partial charge in [-0.1, -0.05) is 25.1 Å². The summed E-state index contributed by atoms with van der Waals surface area (Å²) in [6, 6.07) is 11.1. The summed E-state index contributed by atoms with van der Waals surface area (Å²) in [5.41, 5.74) is 5.05. The summed E-state index contributed by atoms with van der Waals surface area (Å²) >= 11 is 0. The van der Waals surface area contributed by atoms with Crippen LogP contribution in [0.2, 0.25) is 0 Å². The molecule has 6 aliphatic rings. The number of carboxylic acid groups (broad SMARTS) is 1. The van der Waals surface area contributed by atoms with Gasteiger partial charge in [0.2, 0.25) is 5.91 Å². The van der Waals surface area contributed by atoms with Crippen molar-refractivity contribution in [1.82, 2.24) is 4.90 Å². The second-order valence-corrected chi connectivity index (χ2v) is 12.9. The van der Waals surface area contributed by atoms with Crippen molar-refractivity contribution in [2.24, 2.45) is 11.8 Å². The lowest BCUT2D eigenvalue weighted by molar-refractivity contribution is -1.09. The van der Waals surface area contributed by atoms with Crippen LogP contribution in [0.4, 0.5) is 0 Å². The lowest BCUT2D eigenvalue weighted by atomic mass is 9.76. The highest BCUT2D eigenvalue weighted by Gasteiger charge is 2.58. The van der Waals surface area contributed by atoms with Crippen molar-refractivity contribution in [3.05, 3.63) is 64.3 Å². The number of fused-ring (bicyclic) bond motifs is 7. The smallest absolute Gasteiger partial charge is 0.235 e. The van der Waals surface area contributed by atoms with Crippen LogP contribution in [0.3, 0.4) is 0 Å². The summed E-state index contributed by atoms with van der Waals surface area (Å²) < 4.78 is 2.05. The van der Waals surface area contributed by atoms with Crippen LogP contribution in [-0.4, -0.2) is 106 Å². The van der Waals surface area contributed by atoms with Crippen molar-refractivity contribution in [1.29, 1.82) is 0 Å². The molecule has 214 valence electrons. The molecule has 0 saturated carbocycles. The Labute approximate surface area is 239 Å². The first-order chi connectivity index (χ1) is 19.6. The molecule has 4 saturated heterocycles. The maximum absolute atomic E-state index is 13.5. The van der Waals surface area contributed by atoms with E-state index in [-0.39, 0.29) is 24.0 Å². The van der Waals surface area contributed by atoms with Crippen LogP contribution in [0.5, 0.6) is 0 Å². The molecule has 0 radical (unpaired) electrons. The SMILES string of the molecule is C[C@@H](O)[C@H]1C(=O)N2C(C(=O)[O-])=C(c3ccc4c(c3)-c3ccc(C[N+]56CC[N+](CCO)(CC5)CC6)cc3C4=O)[C@H](C)[C@H]12. The zero-order valence-corrected chi connectivity index (χ0v) is 23.5. The third-order valence-corrected chi connectivity index (χ3v) is 10.8. The molecule has 8 rings (SSSR count). The van der Waals surface area contributed by atoms with Gasteiger partial charge in [0.15, 0.2) is 5.78 Å². The largest absolute Gasteiger partial charge is 0.543 e. The number of carbonyl (C=O) groups excluding carboxylic acids is 3. The molecule has 1 aliphatic carbocycles. The van der Waals surface area contributed by atoms with Crippen LogP contribution in [-0.2, 0) is 16.1 Å². The predicted octanol–water partition coefficient (Wildman–Crippen LogP) is 0.370. The van der Waals surface area contributed by atoms with Crippen molar-refractivity contribution in [2.75, 3.05) is 52.4 Å². The highest BCUT2D eigenvalue weighted by molar-refractivity contribution is 6.22. The molecule has 2 bridgehead atoms. The summed E-state index contributed by atoms with van der Waals surface area (Å²) in [7, 11) is 0. The minimum atomic E-state index is -1.41. The van der Waals surface area contributed by atoms with Gasteiger partial charge in [-0.15, -0.1) is 0 Å². The van der Waals surface area contributed by atoms with E-state index in [0.29, 0.717) is 22.3 Å². The molecule has 1 amide bonds. The Kier molecular flexibility index (Phi) is 5.86. The zero-order chi connectivity index (χ0) is 28.8. The number of β-lactam (4-membered cyclic amide) rings is 1. The first kappa shape index (κ1) is 26.5. The number of benzene rings is 2. The number of ketones is 1. The van der Waals surface area contributed by atoms with Gasteiger partial charge >= 0.3 is 0 Å². The first-order valence-corrected chi connectivity index (χ1v) is 14.7. The second-order valence-electron chi connectivity index (χ2n) is 12.9. The molecule has 41 heavy (non-hydrogen) atoms. The number of aliphatic hydroxyl groups excluding tert-OH is 2. The zero-order valence-electron chi connectivity index (χ0n) is 23.5. The predicted molar refractivity (Wildman–Crippen MR) is 148 cm³/mol. The number of hydrogen-bond acceptors (Lipinski definition) is 6. The third-order valence-electron chi connectivity index (χ3n) is 10.8. The normalized spacial score (nSPS) is 32.1. The average Bonchev–Trinajstić information content (AvgIpc) is 3.37. The van der Waals surface area contributed by atoms with Gasteiger partial charge in [0, 0.05) is 22.6 Å². The highest BCUT2D eigenvalue weighted by Crippen LogP contribution is 2.51. The Balaban J connectivity index is 1.20. The monoisotopic (exact) mass is 558 g/mol. The Bertz CT molecular complexity index is 1520. The minimum absolute atomic E-state index is 0.0268. The number of rotatable bonds is 7. The summed E-state index contributed by atoms with van der Waals surface area (Å²) in [5, 5.41) is 31.9. The molecular weight excluding hydrogens is 522 g/mol. The fraction of sp³-hybridized carbons (Fsp3) is 0.469. The third kappa shape index (κ3) is 3.72. The molecule has 9 heteroatoms. The molecule has 4 fully saturated rings. The van der Waals surface area contributed by atoms with Gasteiger partial charge < -0.3 is 34.0 Å². The Morgan fingerprint density at radius 2 is 1.63 bits per heavy atom. The van der Waals surface area contributed by atoms with E-state index in [1.807, 2.05) is 25.1 Å². The molecule has 4 atom stereocenters. The topological polar surface area (TPSA) is 118 Å². The van der Waals surface area contributed by atoms with Gasteiger partial charge in [0.05, 0.1) is 36.3 Å². The van der Waals surface area contributed by atoms with Crippen molar-refractivity contribution in [2.45, 2.75) is 32.5 Å². The highest BCUT2D eigenvalue weighted by atomic mass is 16.4. The van der Waals surface area contributed by atoms with E-state index >= 15 is 0 Å². The summed E-state index contributed by atoms with van der Waals surface area (Å²) in [6.07, 6.45) is -0.880. The lowest BCUT2D eigenvalue weighted by Gasteiger charge is -2.55. The van der Waals surface area contributed by atoms with Gasteiger partial charge in [-0.2, -0.15) is 0 Å². The van der Waals surface area contributed by atoms with Crippen LogP contribution >= 0.6 is 0 Å². The van der Waals surface area contributed by atoms with E-state index in [1.54, 1.807) is 19.1 Å². The van der Waals surface area contributed by atoms with Gasteiger partial charge in [-0.05, 0) is 47.4 Å². The van der Waals surface area contributed by atoms with Crippen LogP contribution in [0, 0.1) is 11.8 Å². The molecule has 2 aromatic carbocycles. The number of carbonyl (C=O) groups is 3. The number of quaternary nitrogens is 2. The molecule has 0 unspecified atom stereocenters. The number of hydrogen-bond donors (Lipinski definition) is 2. The molecule has 0 aromatic heterocycles. The van der Waals surface area contributed by atoms with E-state index in [4.69, 9.17) is 0 Å². The Morgan fingerprint density at radius 3 is 2.27 bits per heavy atom. The Morgan fingerprint density at radius 1 is 0.976 bits per heavy atom. The van der Waals surface area contributed by atoms with E-state index < -0.39 is 29.9 Å². The van der Waals surface area contributed by atoms with E-state index in [9.17, 15) is 29.7 Å². The first-order valence-electron chi connectivity index (χ1n) is 14.7. The maximum Gasteiger partial charge on any atom is 0.235 e. The fourth-order valence-electron chi connectivity index (χ4n) is 8.45. The number of piperazine rings is 3. The summed E-state index contributed by atoms with van der Waals surface area (Å²) in [4.78, 5) is 39.8. The number of carboxylic acids is 1. The molecule has 2 N–H and O–H groups in total. The molecular formula is C32H36N3O6+. The number of amides is 1. The number of aliphatic carboxylic acids is 1. The van der Waals surface area contributed by atoms with Gasteiger partial charge in [-0.3, -0.25) is 9.59 Å². The van der Waals surface area contributed by atoms with Crippen molar-refractivity contribution in [3.63, 3.8) is 0 Å². The van der Waals surface area contributed by atoms with Crippen molar-refractivity contribution >= 4 is 23.2 Å². The fourth-order valence-corrected chi connectivity index (χ4v) is 8.45. The molecule has 5 heterocycles. The van der Waals surface area contributed by atoms with E-state index in [2.05, 4.69) is 6.07 Å².